The number of thioether (sulfide) groups is 1. The van der Waals surface area contributed by atoms with Gasteiger partial charge in [-0.15, -0.1) is 11.8 Å². The molecule has 1 fully saturated rings. The molecule has 2 rings (SSSR count). The van der Waals surface area contributed by atoms with Crippen LogP contribution in [0.4, 0.5) is 4.39 Å². The van der Waals surface area contributed by atoms with Crippen molar-refractivity contribution in [3.05, 3.63) is 30.1 Å². The molecule has 0 aliphatic carbocycles. The predicted molar refractivity (Wildman–Crippen MR) is 62.2 cm³/mol. The SMILES string of the molecule is CC1SCCN1S(=O)(=O)c1ccccc1F. The van der Waals surface area contributed by atoms with Crippen molar-refractivity contribution in [1.82, 2.24) is 4.31 Å². The molecule has 0 bridgehead atoms. The van der Waals surface area contributed by atoms with E-state index in [2.05, 4.69) is 0 Å². The summed E-state index contributed by atoms with van der Waals surface area (Å²) in [5, 5.41) is -0.121. The smallest absolute Gasteiger partial charge is 0.207 e. The Morgan fingerprint density at radius 3 is 2.69 bits per heavy atom. The van der Waals surface area contributed by atoms with Gasteiger partial charge in [-0.1, -0.05) is 12.1 Å². The maximum atomic E-state index is 13.5. The van der Waals surface area contributed by atoms with Gasteiger partial charge in [0.1, 0.15) is 10.7 Å². The van der Waals surface area contributed by atoms with Gasteiger partial charge in [-0.25, -0.2) is 12.8 Å². The predicted octanol–water partition coefficient (Wildman–Crippen LogP) is 1.91. The fourth-order valence-corrected chi connectivity index (χ4v) is 4.77. The summed E-state index contributed by atoms with van der Waals surface area (Å²) in [4.78, 5) is -0.232. The zero-order valence-electron chi connectivity index (χ0n) is 8.76. The molecule has 3 nitrogen and oxygen atoms in total. The van der Waals surface area contributed by atoms with E-state index in [9.17, 15) is 12.8 Å². The number of nitrogens with zero attached hydrogens (tertiary/aromatic N) is 1. The highest BCUT2D eigenvalue weighted by Crippen LogP contribution is 2.30. The van der Waals surface area contributed by atoms with Crippen LogP contribution in [0, 0.1) is 5.82 Å². The van der Waals surface area contributed by atoms with Crippen LogP contribution in [0.2, 0.25) is 0 Å². The largest absolute Gasteiger partial charge is 0.247 e. The van der Waals surface area contributed by atoms with Crippen LogP contribution in [0.5, 0.6) is 0 Å². The van der Waals surface area contributed by atoms with Crippen molar-refractivity contribution in [3.63, 3.8) is 0 Å². The lowest BCUT2D eigenvalue weighted by Gasteiger charge is -2.20. The number of halogens is 1. The first-order valence-electron chi connectivity index (χ1n) is 4.91. The molecule has 0 spiro atoms. The van der Waals surface area contributed by atoms with Gasteiger partial charge >= 0.3 is 0 Å². The minimum atomic E-state index is -3.68. The topological polar surface area (TPSA) is 37.4 Å². The number of rotatable bonds is 2. The van der Waals surface area contributed by atoms with Crippen molar-refractivity contribution in [2.24, 2.45) is 0 Å². The molecule has 1 aliphatic heterocycles. The van der Waals surface area contributed by atoms with Gasteiger partial charge in [-0.3, -0.25) is 0 Å². The van der Waals surface area contributed by atoms with E-state index in [1.807, 2.05) is 6.92 Å². The summed E-state index contributed by atoms with van der Waals surface area (Å²) in [7, 11) is -3.68. The first kappa shape index (κ1) is 11.9. The molecule has 1 saturated heterocycles. The maximum absolute atomic E-state index is 13.5. The standard InChI is InChI=1S/C10H12FNO2S2/c1-8-12(6-7-15-8)16(13,14)10-5-3-2-4-9(10)11/h2-5,8H,6-7H2,1H3. The van der Waals surface area contributed by atoms with Crippen LogP contribution in [0.15, 0.2) is 29.2 Å². The third-order valence-corrected chi connectivity index (χ3v) is 5.79. The first-order valence-corrected chi connectivity index (χ1v) is 7.40. The van der Waals surface area contributed by atoms with Crippen molar-refractivity contribution < 1.29 is 12.8 Å². The van der Waals surface area contributed by atoms with E-state index in [4.69, 9.17) is 0 Å². The molecule has 0 saturated carbocycles. The summed E-state index contributed by atoms with van der Waals surface area (Å²) in [6.07, 6.45) is 0. The van der Waals surface area contributed by atoms with E-state index < -0.39 is 15.8 Å². The van der Waals surface area contributed by atoms with Gasteiger partial charge in [0.15, 0.2) is 0 Å². The lowest BCUT2D eigenvalue weighted by atomic mass is 10.4. The Labute approximate surface area is 98.7 Å². The second-order valence-corrected chi connectivity index (χ2v) is 6.80. The average Bonchev–Trinajstić information content (AvgIpc) is 2.65. The number of benzene rings is 1. The molecular weight excluding hydrogens is 249 g/mol. The molecule has 1 aromatic rings. The van der Waals surface area contributed by atoms with Crippen molar-refractivity contribution in [2.45, 2.75) is 17.2 Å². The van der Waals surface area contributed by atoms with Gasteiger partial charge < -0.3 is 0 Å². The van der Waals surface area contributed by atoms with Gasteiger partial charge in [-0.2, -0.15) is 4.31 Å². The lowest BCUT2D eigenvalue weighted by Crippen LogP contribution is -2.33. The van der Waals surface area contributed by atoms with Crippen LogP contribution in [0.1, 0.15) is 6.92 Å². The Morgan fingerprint density at radius 1 is 1.44 bits per heavy atom. The van der Waals surface area contributed by atoms with E-state index in [1.54, 1.807) is 11.8 Å². The van der Waals surface area contributed by atoms with Crippen LogP contribution in [0.25, 0.3) is 0 Å². The van der Waals surface area contributed by atoms with E-state index in [1.165, 1.54) is 28.6 Å². The van der Waals surface area contributed by atoms with E-state index in [0.29, 0.717) is 6.54 Å². The summed E-state index contributed by atoms with van der Waals surface area (Å²) in [5.74, 6) is 0.0704. The minimum absolute atomic E-state index is 0.121. The van der Waals surface area contributed by atoms with Crippen molar-refractivity contribution in [2.75, 3.05) is 12.3 Å². The van der Waals surface area contributed by atoms with Gasteiger partial charge in [0.2, 0.25) is 10.0 Å². The maximum Gasteiger partial charge on any atom is 0.247 e. The zero-order chi connectivity index (χ0) is 11.8. The molecule has 1 aliphatic rings. The molecule has 88 valence electrons. The van der Waals surface area contributed by atoms with Crippen LogP contribution < -0.4 is 0 Å². The third-order valence-electron chi connectivity index (χ3n) is 2.50. The molecular formula is C10H12FNO2S2. The number of hydrogen-bond acceptors (Lipinski definition) is 3. The van der Waals surface area contributed by atoms with Crippen molar-refractivity contribution in [1.29, 1.82) is 0 Å². The van der Waals surface area contributed by atoms with E-state index in [0.717, 1.165) is 5.75 Å². The van der Waals surface area contributed by atoms with E-state index in [-0.39, 0.29) is 10.3 Å². The summed E-state index contributed by atoms with van der Waals surface area (Å²) >= 11 is 1.56. The summed E-state index contributed by atoms with van der Waals surface area (Å²) < 4.78 is 39.1. The fourth-order valence-electron chi connectivity index (χ4n) is 1.67. The Bertz CT molecular complexity index is 489. The van der Waals surface area contributed by atoms with Gasteiger partial charge in [0, 0.05) is 12.3 Å². The molecule has 0 radical (unpaired) electrons. The Hall–Kier alpha value is -0.590. The van der Waals surface area contributed by atoms with Gasteiger partial charge in [0.05, 0.1) is 5.37 Å². The number of sulfonamides is 1. The Morgan fingerprint density at radius 2 is 2.12 bits per heavy atom. The normalized spacial score (nSPS) is 22.5. The third kappa shape index (κ3) is 1.97. The van der Waals surface area contributed by atoms with Crippen LogP contribution in [-0.2, 0) is 10.0 Å². The molecule has 0 amide bonds. The lowest BCUT2D eigenvalue weighted by molar-refractivity contribution is 0.437. The monoisotopic (exact) mass is 261 g/mol. The first-order chi connectivity index (χ1) is 7.53. The molecule has 1 unspecified atom stereocenters. The van der Waals surface area contributed by atoms with E-state index >= 15 is 0 Å². The minimum Gasteiger partial charge on any atom is -0.207 e. The summed E-state index contributed by atoms with van der Waals surface area (Å²) in [5.41, 5.74) is 0. The average molecular weight is 261 g/mol. The summed E-state index contributed by atoms with van der Waals surface area (Å²) in [6, 6.07) is 5.49. The fraction of sp³-hybridized carbons (Fsp3) is 0.400. The highest BCUT2D eigenvalue weighted by Gasteiger charge is 2.34. The highest BCUT2D eigenvalue weighted by molar-refractivity contribution is 8.01. The summed E-state index contributed by atoms with van der Waals surface area (Å²) in [6.45, 7) is 2.26. The molecule has 0 N–H and O–H groups in total. The second-order valence-electron chi connectivity index (χ2n) is 3.52. The molecule has 1 heterocycles. The molecule has 1 aromatic carbocycles. The van der Waals surface area contributed by atoms with Crippen LogP contribution >= 0.6 is 11.8 Å². The van der Waals surface area contributed by atoms with Crippen molar-refractivity contribution >= 4 is 21.8 Å². The quantitative estimate of drug-likeness (QED) is 0.816. The van der Waals surface area contributed by atoms with Gasteiger partial charge in [-0.05, 0) is 19.1 Å². The van der Waals surface area contributed by atoms with Crippen LogP contribution in [0.3, 0.4) is 0 Å². The molecule has 6 heteroatoms. The van der Waals surface area contributed by atoms with Gasteiger partial charge in [0.25, 0.3) is 0 Å². The number of hydrogen-bond donors (Lipinski definition) is 0. The second kappa shape index (κ2) is 4.35. The highest BCUT2D eigenvalue weighted by atomic mass is 32.2. The van der Waals surface area contributed by atoms with Crippen molar-refractivity contribution in [3.8, 4) is 0 Å². The Balaban J connectivity index is 2.43. The Kier molecular flexibility index (Phi) is 3.23. The molecule has 16 heavy (non-hydrogen) atoms. The zero-order valence-corrected chi connectivity index (χ0v) is 10.4. The molecule has 1 atom stereocenters. The molecule has 0 aromatic heterocycles. The van der Waals surface area contributed by atoms with Crippen LogP contribution in [-0.4, -0.2) is 30.4 Å².